The van der Waals surface area contributed by atoms with E-state index in [1.165, 1.54) is 36.5 Å². The smallest absolute Gasteiger partial charge is 0.507 e. The van der Waals surface area contributed by atoms with E-state index in [2.05, 4.69) is 30.8 Å². The highest BCUT2D eigenvalue weighted by Gasteiger charge is 2.30. The fraction of sp³-hybridized carbons (Fsp3) is 0.0476. The molecule has 0 aromatic heterocycles. The highest BCUT2D eigenvalue weighted by molar-refractivity contribution is 7.80. The molecule has 3 rings (SSSR count). The molecular formula is C21H16F3N5O2S. The van der Waals surface area contributed by atoms with E-state index >= 15 is 0 Å². The summed E-state index contributed by atoms with van der Waals surface area (Å²) < 4.78 is 40.4. The maximum Gasteiger partial charge on any atom is 0.573 e. The molecule has 0 saturated heterocycles. The molecule has 0 heterocycles. The van der Waals surface area contributed by atoms with E-state index < -0.39 is 6.36 Å². The van der Waals surface area contributed by atoms with Gasteiger partial charge in [-0.15, -0.1) is 13.2 Å². The van der Waals surface area contributed by atoms with Gasteiger partial charge in [-0.2, -0.15) is 15.3 Å². The van der Waals surface area contributed by atoms with Gasteiger partial charge in [-0.3, -0.25) is 5.43 Å². The Morgan fingerprint density at radius 1 is 0.938 bits per heavy atom. The van der Waals surface area contributed by atoms with Crippen LogP contribution in [0.5, 0.6) is 11.5 Å². The van der Waals surface area contributed by atoms with Crippen molar-refractivity contribution in [2.24, 2.45) is 15.3 Å². The average molecular weight is 459 g/mol. The third-order valence-electron chi connectivity index (χ3n) is 3.76. The lowest BCUT2D eigenvalue weighted by atomic mass is 10.2. The number of hydrazone groups is 1. The minimum Gasteiger partial charge on any atom is -0.507 e. The maximum atomic E-state index is 12.2. The number of ether oxygens (including phenoxy) is 1. The van der Waals surface area contributed by atoms with Crippen LogP contribution in [0.2, 0.25) is 0 Å². The number of hydrogen-bond donors (Lipinski definition) is 3. The quantitative estimate of drug-likeness (QED) is 0.181. The lowest BCUT2D eigenvalue weighted by Gasteiger charge is -2.08. The van der Waals surface area contributed by atoms with Crippen molar-refractivity contribution in [1.82, 2.24) is 5.43 Å². The van der Waals surface area contributed by atoms with E-state index in [0.717, 1.165) is 17.8 Å². The number of nitrogens with zero attached hydrogens (tertiary/aromatic N) is 3. The topological polar surface area (TPSA) is 90.6 Å². The summed E-state index contributed by atoms with van der Waals surface area (Å²) in [4.78, 5) is 0. The van der Waals surface area contributed by atoms with Crippen LogP contribution in [0.4, 0.5) is 30.2 Å². The first kappa shape index (κ1) is 22.7. The molecule has 0 aliphatic heterocycles. The number of rotatable bonds is 6. The normalized spacial score (nSPS) is 11.6. The van der Waals surface area contributed by atoms with Gasteiger partial charge in [0.15, 0.2) is 5.11 Å². The Balaban J connectivity index is 1.61. The number of azo groups is 1. The van der Waals surface area contributed by atoms with Crippen LogP contribution in [0, 0.1) is 0 Å². The molecule has 0 saturated carbocycles. The molecule has 3 aromatic carbocycles. The third kappa shape index (κ3) is 7.36. The number of para-hydroxylation sites is 1. The van der Waals surface area contributed by atoms with Crippen molar-refractivity contribution in [3.8, 4) is 11.5 Å². The van der Waals surface area contributed by atoms with Crippen LogP contribution in [0.25, 0.3) is 0 Å². The van der Waals surface area contributed by atoms with E-state index in [1.807, 2.05) is 30.3 Å². The van der Waals surface area contributed by atoms with Crippen LogP contribution >= 0.6 is 12.2 Å². The van der Waals surface area contributed by atoms with E-state index in [9.17, 15) is 18.3 Å². The molecule has 3 aromatic rings. The second-order valence-electron chi connectivity index (χ2n) is 6.17. The van der Waals surface area contributed by atoms with Crippen molar-refractivity contribution in [1.29, 1.82) is 0 Å². The first-order chi connectivity index (χ1) is 15.3. The standard InChI is InChI=1S/C21H16F3N5O2S/c22-21(23,24)31-18-9-6-16(7-10-18)27-28-17-8-11-19(30)14(12-17)13-25-29-20(32)26-15-4-2-1-3-5-15/h1-13,30H,(H2,26,29,32). The largest absolute Gasteiger partial charge is 0.573 e. The number of benzene rings is 3. The number of phenolic OH excluding ortho intramolecular Hbond substituents is 1. The second kappa shape index (κ2) is 10.4. The van der Waals surface area contributed by atoms with Gasteiger partial charge >= 0.3 is 6.36 Å². The van der Waals surface area contributed by atoms with E-state index in [-0.39, 0.29) is 16.6 Å². The van der Waals surface area contributed by atoms with Crippen molar-refractivity contribution in [2.45, 2.75) is 6.36 Å². The van der Waals surface area contributed by atoms with Crippen LogP contribution in [0.15, 0.2) is 88.1 Å². The van der Waals surface area contributed by atoms with E-state index in [4.69, 9.17) is 12.2 Å². The minimum atomic E-state index is -4.76. The Morgan fingerprint density at radius 2 is 1.59 bits per heavy atom. The Hall–Kier alpha value is -3.99. The van der Waals surface area contributed by atoms with Crippen molar-refractivity contribution in [3.63, 3.8) is 0 Å². The summed E-state index contributed by atoms with van der Waals surface area (Å²) >= 11 is 5.14. The number of halogens is 3. The van der Waals surface area contributed by atoms with Gasteiger partial charge in [0.2, 0.25) is 0 Å². The Kier molecular flexibility index (Phi) is 7.34. The molecule has 11 heteroatoms. The molecule has 0 bridgehead atoms. The summed E-state index contributed by atoms with van der Waals surface area (Å²) in [6, 6.07) is 18.7. The third-order valence-corrected chi connectivity index (χ3v) is 3.96. The van der Waals surface area contributed by atoms with Crippen LogP contribution in [0.3, 0.4) is 0 Å². The zero-order valence-electron chi connectivity index (χ0n) is 16.2. The van der Waals surface area contributed by atoms with Crippen LogP contribution < -0.4 is 15.5 Å². The molecule has 0 spiro atoms. The monoisotopic (exact) mass is 459 g/mol. The molecular weight excluding hydrogens is 443 g/mol. The molecule has 0 atom stereocenters. The molecule has 7 nitrogen and oxygen atoms in total. The summed E-state index contributed by atoms with van der Waals surface area (Å²) in [6.45, 7) is 0. The number of nitrogens with one attached hydrogen (secondary N) is 2. The Morgan fingerprint density at radius 3 is 2.28 bits per heavy atom. The molecule has 0 aliphatic carbocycles. The van der Waals surface area contributed by atoms with E-state index in [0.29, 0.717) is 16.9 Å². The average Bonchev–Trinajstić information content (AvgIpc) is 2.75. The second-order valence-corrected chi connectivity index (χ2v) is 6.58. The van der Waals surface area contributed by atoms with Crippen molar-refractivity contribution >= 4 is 40.6 Å². The van der Waals surface area contributed by atoms with Gasteiger partial charge in [0, 0.05) is 11.3 Å². The number of alkyl halides is 3. The fourth-order valence-electron chi connectivity index (χ4n) is 2.38. The first-order valence-corrected chi connectivity index (χ1v) is 9.45. The Labute approximate surface area is 186 Å². The van der Waals surface area contributed by atoms with E-state index in [1.54, 1.807) is 0 Å². The summed E-state index contributed by atoms with van der Waals surface area (Å²) in [5, 5.41) is 25.2. The molecule has 32 heavy (non-hydrogen) atoms. The van der Waals surface area contributed by atoms with Crippen LogP contribution in [0.1, 0.15) is 5.56 Å². The van der Waals surface area contributed by atoms with Gasteiger partial charge in [0.05, 0.1) is 17.6 Å². The number of thiocarbonyl (C=S) groups is 1. The van der Waals surface area contributed by atoms with Gasteiger partial charge in [-0.05, 0) is 66.8 Å². The molecule has 0 radical (unpaired) electrons. The number of phenols is 1. The molecule has 0 fully saturated rings. The van der Waals surface area contributed by atoms with Crippen LogP contribution in [-0.4, -0.2) is 22.8 Å². The predicted molar refractivity (Wildman–Crippen MR) is 119 cm³/mol. The SMILES string of the molecule is Oc1ccc(N=Nc2ccc(OC(F)(F)F)cc2)cc1C=NNC(=S)Nc1ccccc1. The zero-order valence-corrected chi connectivity index (χ0v) is 17.1. The minimum absolute atomic E-state index is 0.0370. The molecule has 0 amide bonds. The zero-order chi connectivity index (χ0) is 23.0. The lowest BCUT2D eigenvalue weighted by molar-refractivity contribution is -0.274. The molecule has 164 valence electrons. The summed E-state index contributed by atoms with van der Waals surface area (Å²) in [7, 11) is 0. The van der Waals surface area contributed by atoms with Gasteiger partial charge < -0.3 is 15.2 Å². The Bertz CT molecular complexity index is 1120. The van der Waals surface area contributed by atoms with Crippen LogP contribution in [-0.2, 0) is 0 Å². The summed E-state index contributed by atoms with van der Waals surface area (Å²) in [5.41, 5.74) is 4.50. The summed E-state index contributed by atoms with van der Waals surface area (Å²) in [6.07, 6.45) is -3.40. The molecule has 3 N–H and O–H groups in total. The van der Waals surface area contributed by atoms with Gasteiger partial charge in [-0.25, -0.2) is 0 Å². The predicted octanol–water partition coefficient (Wildman–Crippen LogP) is 6.03. The van der Waals surface area contributed by atoms with Gasteiger partial charge in [0.25, 0.3) is 0 Å². The highest BCUT2D eigenvalue weighted by Crippen LogP contribution is 2.27. The summed E-state index contributed by atoms with van der Waals surface area (Å²) in [5.74, 6) is -0.392. The fourth-order valence-corrected chi connectivity index (χ4v) is 2.55. The highest BCUT2D eigenvalue weighted by atomic mass is 32.1. The molecule has 0 aliphatic rings. The van der Waals surface area contributed by atoms with Crippen molar-refractivity contribution in [3.05, 3.63) is 78.4 Å². The van der Waals surface area contributed by atoms with Gasteiger partial charge in [-0.1, -0.05) is 18.2 Å². The number of aromatic hydroxyl groups is 1. The van der Waals surface area contributed by atoms with Gasteiger partial charge in [0.1, 0.15) is 11.5 Å². The molecule has 0 unspecified atom stereocenters. The van der Waals surface area contributed by atoms with Crippen molar-refractivity contribution in [2.75, 3.05) is 5.32 Å². The first-order valence-electron chi connectivity index (χ1n) is 9.04. The number of hydrogen-bond acceptors (Lipinski definition) is 6. The lowest BCUT2D eigenvalue weighted by Crippen LogP contribution is -2.23. The van der Waals surface area contributed by atoms with Crippen molar-refractivity contribution < 1.29 is 23.0 Å². The number of anilines is 1. The maximum absolute atomic E-state index is 12.2.